The number of aryl methyl sites for hydroxylation is 2. The summed E-state index contributed by atoms with van der Waals surface area (Å²) in [5.74, 6) is 0. The maximum Gasteiger partial charge on any atom is 0.140 e. The Morgan fingerprint density at radius 3 is 2.45 bits per heavy atom. The van der Waals surface area contributed by atoms with Gasteiger partial charge in [0.05, 0.1) is 11.4 Å². The molecule has 0 saturated heterocycles. The van der Waals surface area contributed by atoms with E-state index in [2.05, 4.69) is 60.8 Å². The average Bonchev–Trinajstić information content (AvgIpc) is 2.87. The lowest BCUT2D eigenvalue weighted by Crippen LogP contribution is -2.11. The molecule has 0 bridgehead atoms. The number of pyridine rings is 1. The molecule has 2 aromatic heterocycles. The first-order chi connectivity index (χ1) is 10.6. The van der Waals surface area contributed by atoms with E-state index in [-0.39, 0.29) is 6.04 Å². The highest BCUT2D eigenvalue weighted by Crippen LogP contribution is 2.23. The number of nitrogens with two attached hydrogens (primary N) is 1. The lowest BCUT2D eigenvalue weighted by molar-refractivity contribution is 0.755. The summed E-state index contributed by atoms with van der Waals surface area (Å²) in [6, 6.07) is 12.9. The van der Waals surface area contributed by atoms with Crippen molar-refractivity contribution < 1.29 is 0 Å². The van der Waals surface area contributed by atoms with Crippen LogP contribution in [0, 0.1) is 6.92 Å². The van der Waals surface area contributed by atoms with Crippen molar-refractivity contribution in [2.75, 3.05) is 0 Å². The molecule has 1 atom stereocenters. The first kappa shape index (κ1) is 14.8. The highest BCUT2D eigenvalue weighted by atomic mass is 15.0. The standard InChI is InChI=1S/C19H23N3/c1-4-15-7-9-16(10-8-15)12-17-18(14(3)20)22-11-5-6-13(2)19(22)21-17/h5-11,14H,4,12,20H2,1-3H3. The molecule has 3 aromatic rings. The van der Waals surface area contributed by atoms with E-state index in [1.54, 1.807) is 0 Å². The minimum atomic E-state index is -0.0401. The topological polar surface area (TPSA) is 43.3 Å². The van der Waals surface area contributed by atoms with Crippen LogP contribution in [0.3, 0.4) is 0 Å². The SMILES string of the molecule is CCc1ccc(Cc2nc3c(C)cccn3c2C(C)N)cc1. The Labute approximate surface area is 131 Å². The minimum Gasteiger partial charge on any atom is -0.323 e. The van der Waals surface area contributed by atoms with Gasteiger partial charge >= 0.3 is 0 Å². The van der Waals surface area contributed by atoms with Crippen LogP contribution in [-0.2, 0) is 12.8 Å². The number of hydrogen-bond acceptors (Lipinski definition) is 2. The molecule has 3 heteroatoms. The molecule has 1 unspecified atom stereocenters. The van der Waals surface area contributed by atoms with Crippen molar-refractivity contribution in [3.05, 3.63) is 70.7 Å². The van der Waals surface area contributed by atoms with Crippen LogP contribution >= 0.6 is 0 Å². The number of fused-ring (bicyclic) bond motifs is 1. The number of benzene rings is 1. The maximum absolute atomic E-state index is 6.21. The zero-order valence-electron chi connectivity index (χ0n) is 13.5. The molecular formula is C19H23N3. The molecule has 0 aliphatic rings. The Balaban J connectivity index is 2.05. The molecule has 0 fully saturated rings. The molecule has 0 aliphatic heterocycles. The van der Waals surface area contributed by atoms with Crippen molar-refractivity contribution in [3.63, 3.8) is 0 Å². The highest BCUT2D eigenvalue weighted by Gasteiger charge is 2.16. The van der Waals surface area contributed by atoms with Gasteiger partial charge in [-0.25, -0.2) is 4.98 Å². The molecule has 3 rings (SSSR count). The van der Waals surface area contributed by atoms with Crippen LogP contribution in [0.5, 0.6) is 0 Å². The largest absolute Gasteiger partial charge is 0.323 e. The van der Waals surface area contributed by atoms with Gasteiger partial charge in [-0.1, -0.05) is 37.3 Å². The van der Waals surface area contributed by atoms with Gasteiger partial charge in [-0.15, -0.1) is 0 Å². The molecule has 0 spiro atoms. The molecule has 2 N–H and O–H groups in total. The van der Waals surface area contributed by atoms with Crippen LogP contribution in [-0.4, -0.2) is 9.38 Å². The van der Waals surface area contributed by atoms with E-state index in [0.717, 1.165) is 29.9 Å². The first-order valence-electron chi connectivity index (χ1n) is 7.90. The Morgan fingerprint density at radius 1 is 1.14 bits per heavy atom. The van der Waals surface area contributed by atoms with Crippen LogP contribution in [0.15, 0.2) is 42.6 Å². The molecule has 1 aromatic carbocycles. The zero-order valence-corrected chi connectivity index (χ0v) is 13.5. The molecular weight excluding hydrogens is 270 g/mol. The molecule has 2 heterocycles. The molecule has 114 valence electrons. The molecule has 0 aliphatic carbocycles. The van der Waals surface area contributed by atoms with Crippen molar-refractivity contribution in [1.29, 1.82) is 0 Å². The van der Waals surface area contributed by atoms with Gasteiger partial charge < -0.3 is 10.1 Å². The van der Waals surface area contributed by atoms with E-state index >= 15 is 0 Å². The second-order valence-electron chi connectivity index (χ2n) is 5.96. The van der Waals surface area contributed by atoms with E-state index in [4.69, 9.17) is 10.7 Å². The van der Waals surface area contributed by atoms with E-state index < -0.39 is 0 Å². The van der Waals surface area contributed by atoms with Crippen LogP contribution < -0.4 is 5.73 Å². The smallest absolute Gasteiger partial charge is 0.140 e. The van der Waals surface area contributed by atoms with Crippen molar-refractivity contribution >= 4 is 5.65 Å². The van der Waals surface area contributed by atoms with E-state index in [1.807, 2.05) is 6.92 Å². The fourth-order valence-corrected chi connectivity index (χ4v) is 2.97. The third-order valence-corrected chi connectivity index (χ3v) is 4.19. The second kappa shape index (κ2) is 5.93. The molecule has 0 radical (unpaired) electrons. The molecule has 0 saturated carbocycles. The summed E-state index contributed by atoms with van der Waals surface area (Å²) in [5.41, 5.74) is 13.2. The Morgan fingerprint density at radius 2 is 1.82 bits per heavy atom. The first-order valence-corrected chi connectivity index (χ1v) is 7.90. The summed E-state index contributed by atoms with van der Waals surface area (Å²) < 4.78 is 2.13. The monoisotopic (exact) mass is 293 g/mol. The Bertz CT molecular complexity index is 782. The van der Waals surface area contributed by atoms with Gasteiger partial charge in [-0.2, -0.15) is 0 Å². The summed E-state index contributed by atoms with van der Waals surface area (Å²) in [5, 5.41) is 0. The quantitative estimate of drug-likeness (QED) is 0.794. The molecule has 22 heavy (non-hydrogen) atoms. The van der Waals surface area contributed by atoms with Gasteiger partial charge in [0.2, 0.25) is 0 Å². The van der Waals surface area contributed by atoms with Crippen LogP contribution in [0.1, 0.15) is 48.0 Å². The summed E-state index contributed by atoms with van der Waals surface area (Å²) in [4.78, 5) is 4.85. The average molecular weight is 293 g/mol. The number of rotatable bonds is 4. The molecule has 0 amide bonds. The normalized spacial score (nSPS) is 12.7. The van der Waals surface area contributed by atoms with Crippen molar-refractivity contribution in [2.24, 2.45) is 5.73 Å². The number of imidazole rings is 1. The van der Waals surface area contributed by atoms with Gasteiger partial charge in [-0.3, -0.25) is 0 Å². The van der Waals surface area contributed by atoms with Gasteiger partial charge in [0, 0.05) is 18.7 Å². The molecule has 3 nitrogen and oxygen atoms in total. The van der Waals surface area contributed by atoms with Crippen molar-refractivity contribution in [1.82, 2.24) is 9.38 Å². The lowest BCUT2D eigenvalue weighted by Gasteiger charge is -2.09. The Kier molecular flexibility index (Phi) is 3.99. The summed E-state index contributed by atoms with van der Waals surface area (Å²) >= 11 is 0. The number of hydrogen-bond donors (Lipinski definition) is 1. The summed E-state index contributed by atoms with van der Waals surface area (Å²) in [7, 11) is 0. The van der Waals surface area contributed by atoms with Gasteiger partial charge in [0.25, 0.3) is 0 Å². The number of aromatic nitrogens is 2. The van der Waals surface area contributed by atoms with Crippen molar-refractivity contribution in [3.8, 4) is 0 Å². The fraction of sp³-hybridized carbons (Fsp3) is 0.316. The summed E-state index contributed by atoms with van der Waals surface area (Å²) in [6.07, 6.45) is 3.94. The third-order valence-electron chi connectivity index (χ3n) is 4.19. The van der Waals surface area contributed by atoms with Gasteiger partial charge in [0.15, 0.2) is 0 Å². The van der Waals surface area contributed by atoms with Gasteiger partial charge in [0.1, 0.15) is 5.65 Å². The Hall–Kier alpha value is -2.13. The fourth-order valence-electron chi connectivity index (χ4n) is 2.97. The van der Waals surface area contributed by atoms with Gasteiger partial charge in [-0.05, 0) is 43.0 Å². The lowest BCUT2D eigenvalue weighted by atomic mass is 10.0. The zero-order chi connectivity index (χ0) is 15.7. The highest BCUT2D eigenvalue weighted by molar-refractivity contribution is 5.51. The second-order valence-corrected chi connectivity index (χ2v) is 5.96. The third kappa shape index (κ3) is 2.64. The summed E-state index contributed by atoms with van der Waals surface area (Å²) in [6.45, 7) is 6.29. The van der Waals surface area contributed by atoms with E-state index in [0.29, 0.717) is 0 Å². The maximum atomic E-state index is 6.21. The minimum absolute atomic E-state index is 0.0401. The predicted molar refractivity (Wildman–Crippen MR) is 91.2 cm³/mol. The number of nitrogens with zero attached hydrogens (tertiary/aromatic N) is 2. The van der Waals surface area contributed by atoms with Crippen LogP contribution in [0.25, 0.3) is 5.65 Å². The van der Waals surface area contributed by atoms with E-state index in [1.165, 1.54) is 16.7 Å². The van der Waals surface area contributed by atoms with Crippen LogP contribution in [0.2, 0.25) is 0 Å². The van der Waals surface area contributed by atoms with E-state index in [9.17, 15) is 0 Å². The van der Waals surface area contributed by atoms with Crippen LogP contribution in [0.4, 0.5) is 0 Å². The predicted octanol–water partition coefficient (Wildman–Crippen LogP) is 3.82. The van der Waals surface area contributed by atoms with Crippen molar-refractivity contribution in [2.45, 2.75) is 39.7 Å².